The predicted molar refractivity (Wildman–Crippen MR) is 75.2 cm³/mol. The SMILES string of the molecule is CCCN(CCC)S(=O)(=O)NC(C)CCCC(=O)O. The zero-order valence-corrected chi connectivity index (χ0v) is 12.9. The Hall–Kier alpha value is -0.660. The van der Waals surface area contributed by atoms with Gasteiger partial charge in [-0.1, -0.05) is 13.8 Å². The molecule has 0 aromatic rings. The molecule has 0 heterocycles. The highest BCUT2D eigenvalue weighted by Crippen LogP contribution is 2.06. The minimum Gasteiger partial charge on any atom is -0.481 e. The molecule has 2 N–H and O–H groups in total. The van der Waals surface area contributed by atoms with E-state index in [9.17, 15) is 13.2 Å². The van der Waals surface area contributed by atoms with Gasteiger partial charge in [-0.2, -0.15) is 17.4 Å². The lowest BCUT2D eigenvalue weighted by Gasteiger charge is -2.23. The first-order valence-corrected chi connectivity index (χ1v) is 8.26. The molecule has 19 heavy (non-hydrogen) atoms. The van der Waals surface area contributed by atoms with Crippen LogP contribution in [0.5, 0.6) is 0 Å². The van der Waals surface area contributed by atoms with Crippen LogP contribution in [0.15, 0.2) is 0 Å². The second kappa shape index (κ2) is 9.28. The Morgan fingerprint density at radius 1 is 1.26 bits per heavy atom. The third-order valence-corrected chi connectivity index (χ3v) is 4.41. The quantitative estimate of drug-likeness (QED) is 0.606. The monoisotopic (exact) mass is 294 g/mol. The van der Waals surface area contributed by atoms with E-state index in [0.29, 0.717) is 25.9 Å². The van der Waals surface area contributed by atoms with Crippen molar-refractivity contribution in [1.82, 2.24) is 9.03 Å². The van der Waals surface area contributed by atoms with Crippen LogP contribution in [0.25, 0.3) is 0 Å². The average molecular weight is 294 g/mol. The number of rotatable bonds is 11. The van der Waals surface area contributed by atoms with Gasteiger partial charge in [0.15, 0.2) is 0 Å². The van der Waals surface area contributed by atoms with Crippen LogP contribution in [0.1, 0.15) is 52.9 Å². The molecule has 1 atom stereocenters. The van der Waals surface area contributed by atoms with Gasteiger partial charge >= 0.3 is 5.97 Å². The van der Waals surface area contributed by atoms with Gasteiger partial charge in [0.25, 0.3) is 10.2 Å². The molecule has 0 aromatic carbocycles. The van der Waals surface area contributed by atoms with E-state index in [1.807, 2.05) is 13.8 Å². The summed E-state index contributed by atoms with van der Waals surface area (Å²) in [5.74, 6) is -0.853. The number of carbonyl (C=O) groups is 1. The Morgan fingerprint density at radius 3 is 2.21 bits per heavy atom. The second-order valence-electron chi connectivity index (χ2n) is 4.71. The summed E-state index contributed by atoms with van der Waals surface area (Å²) < 4.78 is 28.3. The van der Waals surface area contributed by atoms with Crippen molar-refractivity contribution in [3.63, 3.8) is 0 Å². The van der Waals surface area contributed by atoms with Crippen molar-refractivity contribution >= 4 is 16.2 Å². The first-order valence-electron chi connectivity index (χ1n) is 6.82. The van der Waals surface area contributed by atoms with Crippen LogP contribution in [0.3, 0.4) is 0 Å². The van der Waals surface area contributed by atoms with E-state index in [2.05, 4.69) is 4.72 Å². The van der Waals surface area contributed by atoms with E-state index < -0.39 is 16.2 Å². The van der Waals surface area contributed by atoms with Gasteiger partial charge in [-0.25, -0.2) is 0 Å². The second-order valence-corrected chi connectivity index (χ2v) is 6.41. The molecular weight excluding hydrogens is 268 g/mol. The molecule has 6 nitrogen and oxygen atoms in total. The van der Waals surface area contributed by atoms with Crippen molar-refractivity contribution in [2.45, 2.75) is 58.9 Å². The average Bonchev–Trinajstić information content (AvgIpc) is 2.27. The van der Waals surface area contributed by atoms with E-state index in [1.54, 1.807) is 6.92 Å². The molecule has 0 aromatic heterocycles. The molecule has 0 spiro atoms. The molecule has 114 valence electrons. The molecule has 0 saturated carbocycles. The van der Waals surface area contributed by atoms with E-state index in [-0.39, 0.29) is 12.5 Å². The number of carboxylic acids is 1. The summed E-state index contributed by atoms with van der Waals surface area (Å²) in [6.07, 6.45) is 2.61. The maximum absolute atomic E-state index is 12.1. The summed E-state index contributed by atoms with van der Waals surface area (Å²) in [5, 5.41) is 8.54. The van der Waals surface area contributed by atoms with Crippen molar-refractivity contribution in [3.05, 3.63) is 0 Å². The highest BCUT2D eigenvalue weighted by molar-refractivity contribution is 7.87. The van der Waals surface area contributed by atoms with Crippen LogP contribution >= 0.6 is 0 Å². The topological polar surface area (TPSA) is 86.7 Å². The number of nitrogens with one attached hydrogen (secondary N) is 1. The zero-order chi connectivity index (χ0) is 14.9. The highest BCUT2D eigenvalue weighted by Gasteiger charge is 2.22. The lowest BCUT2D eigenvalue weighted by Crippen LogP contribution is -2.45. The minimum absolute atomic E-state index is 0.0691. The Balaban J connectivity index is 4.34. The maximum Gasteiger partial charge on any atom is 0.303 e. The smallest absolute Gasteiger partial charge is 0.303 e. The first kappa shape index (κ1) is 18.3. The van der Waals surface area contributed by atoms with Crippen LogP contribution in [-0.4, -0.2) is 42.9 Å². The van der Waals surface area contributed by atoms with Crippen molar-refractivity contribution in [1.29, 1.82) is 0 Å². The molecule has 0 saturated heterocycles. The lowest BCUT2D eigenvalue weighted by atomic mass is 10.1. The number of hydrogen-bond acceptors (Lipinski definition) is 3. The standard InChI is InChI=1S/C12H26N2O4S/c1-4-9-14(10-5-2)19(17,18)13-11(3)7-6-8-12(15)16/h11,13H,4-10H2,1-3H3,(H,15,16). The van der Waals surface area contributed by atoms with Gasteiger partial charge in [0.05, 0.1) is 0 Å². The molecular formula is C12H26N2O4S. The molecule has 0 rings (SSSR count). The Labute approximate surface area is 116 Å². The van der Waals surface area contributed by atoms with Crippen molar-refractivity contribution in [3.8, 4) is 0 Å². The molecule has 1 unspecified atom stereocenters. The molecule has 0 fully saturated rings. The van der Waals surface area contributed by atoms with Gasteiger partial charge in [-0.3, -0.25) is 4.79 Å². The van der Waals surface area contributed by atoms with E-state index in [1.165, 1.54) is 4.31 Å². The lowest BCUT2D eigenvalue weighted by molar-refractivity contribution is -0.137. The minimum atomic E-state index is -3.46. The summed E-state index contributed by atoms with van der Waals surface area (Å²) in [4.78, 5) is 10.4. The predicted octanol–water partition coefficient (Wildman–Crippen LogP) is 1.59. The Kier molecular flexibility index (Phi) is 8.95. The Morgan fingerprint density at radius 2 is 1.79 bits per heavy atom. The van der Waals surface area contributed by atoms with Crippen LogP contribution < -0.4 is 4.72 Å². The molecule has 0 aliphatic heterocycles. The molecule has 0 aliphatic carbocycles. The molecule has 0 bridgehead atoms. The third-order valence-electron chi connectivity index (χ3n) is 2.66. The summed E-state index contributed by atoms with van der Waals surface area (Å²) in [6, 6.07) is -0.249. The number of nitrogens with zero attached hydrogens (tertiary/aromatic N) is 1. The van der Waals surface area contributed by atoms with Crippen LogP contribution in [0.4, 0.5) is 0 Å². The van der Waals surface area contributed by atoms with E-state index in [0.717, 1.165) is 12.8 Å². The summed E-state index contributed by atoms with van der Waals surface area (Å²) in [7, 11) is -3.46. The van der Waals surface area contributed by atoms with Crippen molar-refractivity contribution < 1.29 is 18.3 Å². The zero-order valence-electron chi connectivity index (χ0n) is 12.1. The molecule has 0 aliphatic rings. The van der Waals surface area contributed by atoms with Gasteiger partial charge in [0.2, 0.25) is 0 Å². The van der Waals surface area contributed by atoms with Crippen LogP contribution in [-0.2, 0) is 15.0 Å². The van der Waals surface area contributed by atoms with Crippen molar-refractivity contribution in [2.75, 3.05) is 13.1 Å². The number of carboxylic acid groups (broad SMARTS) is 1. The van der Waals surface area contributed by atoms with Gasteiger partial charge in [0, 0.05) is 25.6 Å². The molecule has 7 heteroatoms. The summed E-state index contributed by atoms with van der Waals surface area (Å²) in [5.41, 5.74) is 0. The normalized spacial score (nSPS) is 13.7. The first-order chi connectivity index (χ1) is 8.83. The highest BCUT2D eigenvalue weighted by atomic mass is 32.2. The van der Waals surface area contributed by atoms with Crippen molar-refractivity contribution in [2.24, 2.45) is 0 Å². The van der Waals surface area contributed by atoms with Crippen LogP contribution in [0, 0.1) is 0 Å². The fourth-order valence-corrected chi connectivity index (χ4v) is 3.42. The summed E-state index contributed by atoms with van der Waals surface area (Å²) >= 11 is 0. The van der Waals surface area contributed by atoms with Gasteiger partial charge in [0.1, 0.15) is 0 Å². The van der Waals surface area contributed by atoms with Gasteiger partial charge in [-0.05, 0) is 32.6 Å². The number of aliphatic carboxylic acids is 1. The third kappa shape index (κ3) is 8.18. The van der Waals surface area contributed by atoms with Crippen LogP contribution in [0.2, 0.25) is 0 Å². The largest absolute Gasteiger partial charge is 0.481 e. The molecule has 0 amide bonds. The van der Waals surface area contributed by atoms with E-state index in [4.69, 9.17) is 5.11 Å². The van der Waals surface area contributed by atoms with Gasteiger partial charge in [-0.15, -0.1) is 0 Å². The van der Waals surface area contributed by atoms with Gasteiger partial charge < -0.3 is 5.11 Å². The Bertz CT molecular complexity index is 351. The molecule has 0 radical (unpaired) electrons. The number of hydrogen-bond donors (Lipinski definition) is 2. The summed E-state index contributed by atoms with van der Waals surface area (Å²) in [6.45, 7) is 6.65. The van der Waals surface area contributed by atoms with E-state index >= 15 is 0 Å². The maximum atomic E-state index is 12.1. The fraction of sp³-hybridized carbons (Fsp3) is 0.917. The fourth-order valence-electron chi connectivity index (χ4n) is 1.80.